The molecule has 2 aliphatic rings. The highest BCUT2D eigenvalue weighted by Crippen LogP contribution is 2.38. The molecule has 0 saturated heterocycles. The standard InChI is InChI=1S/C20H24FNO/c21-19-7-6-14(12-18(19)16-4-2-1-3-5-16)13-20(23)17-10-15(11-17)8-9-22/h6-7,12,15-17H,1-5,8,10-11,13H2. The lowest BCUT2D eigenvalue weighted by atomic mass is 9.70. The van der Waals surface area contributed by atoms with Gasteiger partial charge in [0.2, 0.25) is 0 Å². The Morgan fingerprint density at radius 3 is 2.65 bits per heavy atom. The summed E-state index contributed by atoms with van der Waals surface area (Å²) in [5.74, 6) is 0.963. The minimum Gasteiger partial charge on any atom is -0.299 e. The van der Waals surface area contributed by atoms with Gasteiger partial charge in [-0.2, -0.15) is 5.26 Å². The van der Waals surface area contributed by atoms with Crippen LogP contribution in [0.25, 0.3) is 0 Å². The molecule has 0 aromatic heterocycles. The number of halogens is 1. The molecule has 1 aromatic rings. The van der Waals surface area contributed by atoms with Crippen molar-refractivity contribution in [3.63, 3.8) is 0 Å². The minimum atomic E-state index is -0.120. The van der Waals surface area contributed by atoms with Gasteiger partial charge in [-0.1, -0.05) is 31.4 Å². The van der Waals surface area contributed by atoms with E-state index in [9.17, 15) is 9.18 Å². The van der Waals surface area contributed by atoms with E-state index in [1.54, 1.807) is 6.07 Å². The quantitative estimate of drug-likeness (QED) is 0.773. The van der Waals surface area contributed by atoms with E-state index < -0.39 is 0 Å². The Balaban J connectivity index is 1.62. The second-order valence-corrected chi connectivity index (χ2v) is 7.23. The van der Waals surface area contributed by atoms with E-state index in [0.29, 0.717) is 24.7 Å². The first-order valence-corrected chi connectivity index (χ1v) is 8.85. The molecule has 0 amide bonds. The molecule has 23 heavy (non-hydrogen) atoms. The van der Waals surface area contributed by atoms with E-state index in [4.69, 9.17) is 5.26 Å². The fourth-order valence-electron chi connectivity index (χ4n) is 4.07. The lowest BCUT2D eigenvalue weighted by Gasteiger charge is -2.32. The zero-order valence-electron chi connectivity index (χ0n) is 13.6. The summed E-state index contributed by atoms with van der Waals surface area (Å²) in [5.41, 5.74) is 1.76. The van der Waals surface area contributed by atoms with E-state index in [0.717, 1.165) is 36.8 Å². The van der Waals surface area contributed by atoms with E-state index >= 15 is 0 Å². The number of nitriles is 1. The smallest absolute Gasteiger partial charge is 0.140 e. The molecule has 0 N–H and O–H groups in total. The van der Waals surface area contributed by atoms with Crippen molar-refractivity contribution >= 4 is 5.78 Å². The second kappa shape index (κ2) is 7.25. The fraction of sp³-hybridized carbons (Fsp3) is 0.600. The van der Waals surface area contributed by atoms with Crippen LogP contribution in [0.4, 0.5) is 4.39 Å². The summed E-state index contributed by atoms with van der Waals surface area (Å²) in [6.45, 7) is 0. The van der Waals surface area contributed by atoms with Crippen LogP contribution in [0, 0.1) is 29.0 Å². The maximum atomic E-state index is 14.1. The Bertz CT molecular complexity index is 607. The molecule has 3 heteroatoms. The number of carbonyl (C=O) groups is 1. The van der Waals surface area contributed by atoms with E-state index in [-0.39, 0.29) is 17.5 Å². The van der Waals surface area contributed by atoms with Gasteiger partial charge in [-0.3, -0.25) is 4.79 Å². The molecule has 0 radical (unpaired) electrons. The largest absolute Gasteiger partial charge is 0.299 e. The molecule has 122 valence electrons. The highest BCUT2D eigenvalue weighted by Gasteiger charge is 2.33. The van der Waals surface area contributed by atoms with Crippen LogP contribution in [0.5, 0.6) is 0 Å². The molecule has 0 spiro atoms. The van der Waals surface area contributed by atoms with Gasteiger partial charge in [0.15, 0.2) is 0 Å². The van der Waals surface area contributed by atoms with Crippen LogP contribution in [0.3, 0.4) is 0 Å². The fourth-order valence-corrected chi connectivity index (χ4v) is 4.07. The third-order valence-electron chi connectivity index (χ3n) is 5.55. The number of ketones is 1. The highest BCUT2D eigenvalue weighted by molar-refractivity contribution is 5.84. The predicted molar refractivity (Wildman–Crippen MR) is 87.4 cm³/mol. The Labute approximate surface area is 137 Å². The molecule has 0 bridgehead atoms. The van der Waals surface area contributed by atoms with Crippen molar-refractivity contribution in [2.45, 2.75) is 63.7 Å². The zero-order valence-corrected chi connectivity index (χ0v) is 13.6. The van der Waals surface area contributed by atoms with Crippen LogP contribution < -0.4 is 0 Å². The van der Waals surface area contributed by atoms with Crippen molar-refractivity contribution < 1.29 is 9.18 Å². The maximum Gasteiger partial charge on any atom is 0.140 e. The topological polar surface area (TPSA) is 40.9 Å². The van der Waals surface area contributed by atoms with Gasteiger partial charge < -0.3 is 0 Å². The average Bonchev–Trinajstić information content (AvgIpc) is 2.53. The van der Waals surface area contributed by atoms with Crippen LogP contribution in [0.15, 0.2) is 18.2 Å². The summed E-state index contributed by atoms with van der Waals surface area (Å²) in [6, 6.07) is 7.39. The van der Waals surface area contributed by atoms with Crippen molar-refractivity contribution in [2.24, 2.45) is 11.8 Å². The van der Waals surface area contributed by atoms with Gasteiger partial charge in [-0.05, 0) is 54.7 Å². The Hall–Kier alpha value is -1.69. The van der Waals surface area contributed by atoms with Crippen molar-refractivity contribution in [1.29, 1.82) is 5.26 Å². The molecule has 0 unspecified atom stereocenters. The molecule has 0 aliphatic heterocycles. The molecule has 2 nitrogen and oxygen atoms in total. The zero-order chi connectivity index (χ0) is 16.2. The van der Waals surface area contributed by atoms with Crippen molar-refractivity contribution in [3.8, 4) is 6.07 Å². The Kier molecular flexibility index (Phi) is 5.10. The van der Waals surface area contributed by atoms with Crippen molar-refractivity contribution in [2.75, 3.05) is 0 Å². The van der Waals surface area contributed by atoms with E-state index in [1.165, 1.54) is 25.3 Å². The highest BCUT2D eigenvalue weighted by atomic mass is 19.1. The van der Waals surface area contributed by atoms with Crippen LogP contribution in [0.1, 0.15) is 68.4 Å². The Morgan fingerprint density at radius 1 is 1.22 bits per heavy atom. The molecule has 0 atom stereocenters. The summed E-state index contributed by atoms with van der Waals surface area (Å²) in [7, 11) is 0. The molecular weight excluding hydrogens is 289 g/mol. The number of nitrogens with zero attached hydrogens (tertiary/aromatic N) is 1. The van der Waals surface area contributed by atoms with Gasteiger partial charge in [0, 0.05) is 18.8 Å². The van der Waals surface area contributed by atoms with Gasteiger partial charge in [0.25, 0.3) is 0 Å². The summed E-state index contributed by atoms with van der Waals surface area (Å²) < 4.78 is 14.1. The SMILES string of the molecule is N#CCC1CC(C(=O)Cc2ccc(F)c(C3CCCCC3)c2)C1. The monoisotopic (exact) mass is 313 g/mol. The van der Waals surface area contributed by atoms with Crippen molar-refractivity contribution in [1.82, 2.24) is 0 Å². The number of Topliss-reactive ketones (excluding diaryl/α,β-unsaturated/α-hetero) is 1. The molecule has 2 fully saturated rings. The number of hydrogen-bond acceptors (Lipinski definition) is 2. The minimum absolute atomic E-state index is 0.108. The van der Waals surface area contributed by atoms with E-state index in [1.807, 2.05) is 6.07 Å². The van der Waals surface area contributed by atoms with E-state index in [2.05, 4.69) is 6.07 Å². The summed E-state index contributed by atoms with van der Waals surface area (Å²) in [4.78, 5) is 12.3. The lowest BCUT2D eigenvalue weighted by molar-refractivity contribution is -0.126. The van der Waals surface area contributed by atoms with Gasteiger partial charge >= 0.3 is 0 Å². The van der Waals surface area contributed by atoms with Crippen LogP contribution >= 0.6 is 0 Å². The van der Waals surface area contributed by atoms with Crippen LogP contribution in [0.2, 0.25) is 0 Å². The molecular formula is C20H24FNO. The predicted octanol–water partition coefficient (Wildman–Crippen LogP) is 4.92. The first kappa shape index (κ1) is 16.2. The summed E-state index contributed by atoms with van der Waals surface area (Å²) in [5, 5.41) is 8.67. The molecule has 3 rings (SSSR count). The molecule has 0 heterocycles. The summed E-state index contributed by atoms with van der Waals surface area (Å²) >= 11 is 0. The molecule has 2 saturated carbocycles. The molecule has 1 aromatic carbocycles. The molecule has 2 aliphatic carbocycles. The first-order valence-electron chi connectivity index (χ1n) is 8.85. The van der Waals surface area contributed by atoms with Crippen LogP contribution in [-0.4, -0.2) is 5.78 Å². The first-order chi connectivity index (χ1) is 11.2. The van der Waals surface area contributed by atoms with Crippen molar-refractivity contribution in [3.05, 3.63) is 35.1 Å². The maximum absolute atomic E-state index is 14.1. The van der Waals surface area contributed by atoms with Gasteiger partial charge in [0.05, 0.1) is 6.07 Å². The Morgan fingerprint density at radius 2 is 1.96 bits per heavy atom. The lowest BCUT2D eigenvalue weighted by Crippen LogP contribution is -2.31. The normalized spacial score (nSPS) is 24.7. The number of hydrogen-bond donors (Lipinski definition) is 0. The second-order valence-electron chi connectivity index (χ2n) is 7.23. The van der Waals surface area contributed by atoms with Gasteiger partial charge in [-0.15, -0.1) is 0 Å². The number of rotatable bonds is 5. The number of benzene rings is 1. The third kappa shape index (κ3) is 3.80. The third-order valence-corrected chi connectivity index (χ3v) is 5.55. The summed E-state index contributed by atoms with van der Waals surface area (Å²) in [6.07, 6.45) is 8.40. The average molecular weight is 313 g/mol. The van der Waals surface area contributed by atoms with Crippen LogP contribution in [-0.2, 0) is 11.2 Å². The van der Waals surface area contributed by atoms with Gasteiger partial charge in [-0.25, -0.2) is 4.39 Å². The number of carbonyl (C=O) groups excluding carboxylic acids is 1. The van der Waals surface area contributed by atoms with Gasteiger partial charge in [0.1, 0.15) is 11.6 Å².